The van der Waals surface area contributed by atoms with Crippen molar-refractivity contribution >= 4 is 31.9 Å². The highest BCUT2D eigenvalue weighted by Gasteiger charge is 2.05. The molecule has 4 aromatic carbocycles. The van der Waals surface area contributed by atoms with Crippen molar-refractivity contribution in [2.24, 2.45) is 0 Å². The van der Waals surface area contributed by atoms with Crippen molar-refractivity contribution in [2.45, 2.75) is 0 Å². The Bertz CT molecular complexity index is 1110. The zero-order valence-electron chi connectivity index (χ0n) is 15.2. The van der Waals surface area contributed by atoms with Crippen LogP contribution >= 0.6 is 31.9 Å². The second-order valence-corrected chi connectivity index (χ2v) is 7.82. The molecule has 0 saturated carbocycles. The van der Waals surface area contributed by atoms with Crippen molar-refractivity contribution in [3.63, 3.8) is 0 Å². The minimum absolute atomic E-state index is 0.689. The number of hydrogen-bond acceptors (Lipinski definition) is 3. The van der Waals surface area contributed by atoms with Crippen LogP contribution in [0.3, 0.4) is 0 Å². The van der Waals surface area contributed by atoms with Gasteiger partial charge in [-0.15, -0.1) is 0 Å². The van der Waals surface area contributed by atoms with Crippen molar-refractivity contribution in [1.82, 2.24) is 0 Å². The van der Waals surface area contributed by atoms with Crippen LogP contribution < -0.4 is 14.2 Å². The molecule has 3 nitrogen and oxygen atoms in total. The minimum Gasteiger partial charge on any atom is -0.457 e. The van der Waals surface area contributed by atoms with E-state index in [1.165, 1.54) is 0 Å². The largest absolute Gasteiger partial charge is 0.457 e. The number of rotatable bonds is 6. The Morgan fingerprint density at radius 2 is 0.862 bits per heavy atom. The lowest BCUT2D eigenvalue weighted by atomic mass is 10.3. The third-order valence-electron chi connectivity index (χ3n) is 3.99. The fraction of sp³-hybridized carbons (Fsp3) is 0. The van der Waals surface area contributed by atoms with Gasteiger partial charge < -0.3 is 14.2 Å². The van der Waals surface area contributed by atoms with Crippen LogP contribution in [0.15, 0.2) is 106 Å². The van der Waals surface area contributed by atoms with Gasteiger partial charge in [0.2, 0.25) is 0 Å². The fourth-order valence-electron chi connectivity index (χ4n) is 2.62. The average molecular weight is 512 g/mol. The first kappa shape index (κ1) is 19.6. The van der Waals surface area contributed by atoms with Crippen LogP contribution in [0.4, 0.5) is 0 Å². The molecule has 0 spiro atoms. The zero-order valence-corrected chi connectivity index (χ0v) is 18.4. The van der Waals surface area contributed by atoms with E-state index < -0.39 is 0 Å². The Morgan fingerprint density at radius 1 is 0.414 bits per heavy atom. The molecule has 5 heteroatoms. The molecule has 0 atom stereocenters. The van der Waals surface area contributed by atoms with Gasteiger partial charge in [-0.3, -0.25) is 0 Å². The van der Waals surface area contributed by atoms with Gasteiger partial charge >= 0.3 is 0 Å². The van der Waals surface area contributed by atoms with E-state index in [1.807, 2.05) is 97.1 Å². The van der Waals surface area contributed by atoms with Crippen molar-refractivity contribution in [1.29, 1.82) is 0 Å². The molecule has 144 valence electrons. The maximum Gasteiger partial charge on any atom is 0.141 e. The summed E-state index contributed by atoms with van der Waals surface area (Å²) in [5, 5.41) is 0. The lowest BCUT2D eigenvalue weighted by Gasteiger charge is -2.11. The highest BCUT2D eigenvalue weighted by Crippen LogP contribution is 2.33. The quantitative estimate of drug-likeness (QED) is 0.259. The maximum atomic E-state index is 5.96. The summed E-state index contributed by atoms with van der Waals surface area (Å²) < 4.78 is 19.6. The van der Waals surface area contributed by atoms with Gasteiger partial charge in [0.25, 0.3) is 0 Å². The van der Waals surface area contributed by atoms with Crippen LogP contribution in [0.5, 0.6) is 34.5 Å². The van der Waals surface area contributed by atoms with Crippen molar-refractivity contribution in [2.75, 3.05) is 0 Å². The molecule has 0 aliphatic rings. The van der Waals surface area contributed by atoms with Gasteiger partial charge in [-0.1, -0.05) is 30.3 Å². The number of hydrogen-bond donors (Lipinski definition) is 0. The standard InChI is InChI=1S/C24H16Br2O3/c25-21-8-1-3-10-23(21)28-18-14-12-17(13-15-18)27-19-6-5-7-20(16-19)29-24-11-4-2-9-22(24)26/h1-16H. The molecule has 0 heterocycles. The molecule has 0 bridgehead atoms. The van der Waals surface area contributed by atoms with Gasteiger partial charge in [-0.05, 0) is 92.5 Å². The number of ether oxygens (including phenoxy) is 3. The molecule has 4 rings (SSSR count). The second-order valence-electron chi connectivity index (χ2n) is 6.11. The first-order valence-electron chi connectivity index (χ1n) is 8.90. The zero-order chi connectivity index (χ0) is 20.1. The van der Waals surface area contributed by atoms with Crippen molar-refractivity contribution in [3.05, 3.63) is 106 Å². The van der Waals surface area contributed by atoms with E-state index in [1.54, 1.807) is 0 Å². The molecule has 0 saturated heterocycles. The normalized spacial score (nSPS) is 10.4. The first-order chi connectivity index (χ1) is 14.2. The highest BCUT2D eigenvalue weighted by atomic mass is 79.9. The molecular formula is C24H16Br2O3. The van der Waals surface area contributed by atoms with Crippen LogP contribution in [-0.4, -0.2) is 0 Å². The Kier molecular flexibility index (Phi) is 6.17. The highest BCUT2D eigenvalue weighted by molar-refractivity contribution is 9.10. The van der Waals surface area contributed by atoms with E-state index in [2.05, 4.69) is 31.9 Å². The van der Waals surface area contributed by atoms with Crippen LogP contribution in [0, 0.1) is 0 Å². The van der Waals surface area contributed by atoms with Crippen molar-refractivity contribution < 1.29 is 14.2 Å². The van der Waals surface area contributed by atoms with Gasteiger partial charge in [0, 0.05) is 6.07 Å². The smallest absolute Gasteiger partial charge is 0.141 e. The Labute approximate surface area is 186 Å². The predicted octanol–water partition coefficient (Wildman–Crippen LogP) is 8.59. The molecule has 0 unspecified atom stereocenters. The van der Waals surface area contributed by atoms with E-state index in [-0.39, 0.29) is 0 Å². The number of benzene rings is 4. The predicted molar refractivity (Wildman–Crippen MR) is 121 cm³/mol. The van der Waals surface area contributed by atoms with E-state index in [4.69, 9.17) is 14.2 Å². The third kappa shape index (κ3) is 5.19. The Morgan fingerprint density at radius 3 is 1.41 bits per heavy atom. The van der Waals surface area contributed by atoms with Gasteiger partial charge in [-0.2, -0.15) is 0 Å². The lowest BCUT2D eigenvalue weighted by molar-refractivity contribution is 0.455. The van der Waals surface area contributed by atoms with Gasteiger partial charge in [0.1, 0.15) is 34.5 Å². The molecular weight excluding hydrogens is 496 g/mol. The van der Waals surface area contributed by atoms with Gasteiger partial charge in [-0.25, -0.2) is 0 Å². The molecule has 0 radical (unpaired) electrons. The van der Waals surface area contributed by atoms with Gasteiger partial charge in [0.05, 0.1) is 8.95 Å². The molecule has 0 N–H and O–H groups in total. The molecule has 0 amide bonds. The summed E-state index contributed by atoms with van der Waals surface area (Å²) in [6.45, 7) is 0. The lowest BCUT2D eigenvalue weighted by Crippen LogP contribution is -1.89. The first-order valence-corrected chi connectivity index (χ1v) is 10.5. The summed E-state index contributed by atoms with van der Waals surface area (Å²) in [4.78, 5) is 0. The summed E-state index contributed by atoms with van der Waals surface area (Å²) in [5.41, 5.74) is 0. The van der Waals surface area contributed by atoms with Crippen LogP contribution in [0.2, 0.25) is 0 Å². The molecule has 0 aliphatic heterocycles. The average Bonchev–Trinajstić information content (AvgIpc) is 2.73. The topological polar surface area (TPSA) is 27.7 Å². The molecule has 0 aromatic heterocycles. The Hall–Kier alpha value is -2.76. The molecule has 29 heavy (non-hydrogen) atoms. The summed E-state index contributed by atoms with van der Waals surface area (Å²) in [6.07, 6.45) is 0. The number of halogens is 2. The monoisotopic (exact) mass is 510 g/mol. The second kappa shape index (κ2) is 9.16. The van der Waals surface area contributed by atoms with E-state index >= 15 is 0 Å². The summed E-state index contributed by atoms with van der Waals surface area (Å²) in [7, 11) is 0. The van der Waals surface area contributed by atoms with Crippen molar-refractivity contribution in [3.8, 4) is 34.5 Å². The SMILES string of the molecule is Brc1ccccc1Oc1ccc(Oc2cccc(Oc3ccccc3Br)c2)cc1. The van der Waals surface area contributed by atoms with E-state index in [9.17, 15) is 0 Å². The van der Waals surface area contributed by atoms with Gasteiger partial charge in [0.15, 0.2) is 0 Å². The van der Waals surface area contributed by atoms with Crippen LogP contribution in [0.25, 0.3) is 0 Å². The summed E-state index contributed by atoms with van der Waals surface area (Å²) >= 11 is 6.97. The molecule has 0 aliphatic carbocycles. The molecule has 4 aromatic rings. The third-order valence-corrected chi connectivity index (χ3v) is 5.30. The van der Waals surface area contributed by atoms with E-state index in [0.29, 0.717) is 17.2 Å². The van der Waals surface area contributed by atoms with E-state index in [0.717, 1.165) is 26.2 Å². The van der Waals surface area contributed by atoms with Crippen LogP contribution in [0.1, 0.15) is 0 Å². The van der Waals surface area contributed by atoms with Crippen LogP contribution in [-0.2, 0) is 0 Å². The minimum atomic E-state index is 0.689. The summed E-state index contributed by atoms with van der Waals surface area (Å²) in [5.74, 6) is 4.34. The number of para-hydroxylation sites is 2. The summed E-state index contributed by atoms with van der Waals surface area (Å²) in [6, 6.07) is 30.4. The maximum absolute atomic E-state index is 5.96. The molecule has 0 fully saturated rings. The Balaban J connectivity index is 1.44. The fourth-order valence-corrected chi connectivity index (χ4v) is 3.35.